The van der Waals surface area contributed by atoms with Gasteiger partial charge < -0.3 is 10.2 Å². The molecule has 0 bridgehead atoms. The van der Waals surface area contributed by atoms with Gasteiger partial charge in [0, 0.05) is 24.2 Å². The fraction of sp³-hybridized carbons (Fsp3) is 0.0909. The summed E-state index contributed by atoms with van der Waals surface area (Å²) in [5.74, 6) is -0.791. The van der Waals surface area contributed by atoms with Crippen molar-refractivity contribution in [3.05, 3.63) is 98.0 Å². The van der Waals surface area contributed by atoms with E-state index in [9.17, 15) is 19.7 Å². The van der Waals surface area contributed by atoms with Crippen molar-refractivity contribution in [1.82, 2.24) is 0 Å². The fourth-order valence-electron chi connectivity index (χ4n) is 2.99. The third-order valence-corrected chi connectivity index (χ3v) is 5.12. The van der Waals surface area contributed by atoms with Crippen LogP contribution in [0.3, 0.4) is 0 Å². The molecule has 3 aromatic carbocycles. The van der Waals surface area contributed by atoms with Crippen molar-refractivity contribution < 1.29 is 14.5 Å². The maximum atomic E-state index is 12.6. The van der Waals surface area contributed by atoms with Gasteiger partial charge in [-0.15, -0.1) is 0 Å². The molecular formula is C22H17Cl2N3O4. The van der Waals surface area contributed by atoms with Gasteiger partial charge >= 0.3 is 0 Å². The molecule has 0 saturated carbocycles. The average Bonchev–Trinajstić information content (AvgIpc) is 2.76. The Hall–Kier alpha value is -3.42. The lowest BCUT2D eigenvalue weighted by Crippen LogP contribution is -2.30. The van der Waals surface area contributed by atoms with Gasteiger partial charge in [-0.1, -0.05) is 59.6 Å². The number of para-hydroxylation sites is 1. The van der Waals surface area contributed by atoms with Crippen molar-refractivity contribution in [1.29, 1.82) is 0 Å². The van der Waals surface area contributed by atoms with Gasteiger partial charge in [0.2, 0.25) is 5.91 Å². The van der Waals surface area contributed by atoms with E-state index in [0.29, 0.717) is 5.56 Å². The minimum Gasteiger partial charge on any atom is -0.360 e. The molecule has 0 saturated heterocycles. The maximum absolute atomic E-state index is 12.6. The lowest BCUT2D eigenvalue weighted by molar-refractivity contribution is -0.384. The highest BCUT2D eigenvalue weighted by Crippen LogP contribution is 2.31. The number of amides is 1. The molecule has 7 nitrogen and oxygen atoms in total. The number of rotatable bonds is 7. The Balaban J connectivity index is 1.82. The molecule has 1 N–H and O–H groups in total. The second-order valence-corrected chi connectivity index (χ2v) is 7.47. The van der Waals surface area contributed by atoms with Crippen LogP contribution in [0.1, 0.15) is 15.9 Å². The van der Waals surface area contributed by atoms with Gasteiger partial charge in [-0.05, 0) is 24.3 Å². The number of hydrogen-bond donors (Lipinski definition) is 1. The summed E-state index contributed by atoms with van der Waals surface area (Å²) < 4.78 is 0. The molecule has 0 heterocycles. The van der Waals surface area contributed by atoms with Crippen molar-refractivity contribution in [3.63, 3.8) is 0 Å². The molecule has 0 radical (unpaired) electrons. The molecule has 0 unspecified atom stereocenters. The van der Waals surface area contributed by atoms with Crippen LogP contribution < -0.4 is 10.2 Å². The number of nitro benzene ring substituents is 1. The van der Waals surface area contributed by atoms with Crippen molar-refractivity contribution in [2.75, 3.05) is 23.8 Å². The Morgan fingerprint density at radius 2 is 1.61 bits per heavy atom. The second-order valence-electron chi connectivity index (χ2n) is 6.66. The van der Waals surface area contributed by atoms with Crippen molar-refractivity contribution >= 4 is 52.0 Å². The van der Waals surface area contributed by atoms with Crippen LogP contribution in [-0.2, 0) is 4.79 Å². The van der Waals surface area contributed by atoms with Gasteiger partial charge in [-0.2, -0.15) is 0 Å². The van der Waals surface area contributed by atoms with E-state index in [1.165, 1.54) is 30.1 Å². The molecule has 0 fully saturated rings. The van der Waals surface area contributed by atoms with E-state index in [-0.39, 0.29) is 45.0 Å². The predicted octanol–water partition coefficient (Wildman–Crippen LogP) is 5.21. The Morgan fingerprint density at radius 3 is 2.23 bits per heavy atom. The number of anilines is 2. The Bertz CT molecular complexity index is 1130. The first-order valence-electron chi connectivity index (χ1n) is 9.11. The third-order valence-electron chi connectivity index (χ3n) is 4.49. The number of nitrogens with zero attached hydrogens (tertiary/aromatic N) is 2. The number of carbonyl (C=O) groups excluding carboxylic acids is 2. The molecule has 0 aliphatic heterocycles. The molecule has 0 aromatic heterocycles. The molecule has 0 atom stereocenters. The third kappa shape index (κ3) is 5.20. The Labute approximate surface area is 188 Å². The minimum absolute atomic E-state index is 0.183. The first-order chi connectivity index (χ1) is 14.8. The largest absolute Gasteiger partial charge is 0.360 e. The minimum atomic E-state index is -0.587. The molecule has 0 aliphatic rings. The molecule has 9 heteroatoms. The monoisotopic (exact) mass is 457 g/mol. The van der Waals surface area contributed by atoms with Crippen LogP contribution in [0.2, 0.25) is 10.0 Å². The summed E-state index contributed by atoms with van der Waals surface area (Å²) in [6, 6.07) is 17.5. The number of ketones is 1. The highest BCUT2D eigenvalue weighted by Gasteiger charge is 2.22. The Morgan fingerprint density at radius 1 is 0.968 bits per heavy atom. The number of nitro groups is 1. The van der Waals surface area contributed by atoms with Crippen LogP contribution in [0.4, 0.5) is 17.1 Å². The maximum Gasteiger partial charge on any atom is 0.293 e. The number of likely N-dealkylation sites (N-methyl/N-ethyl adjacent to an activating group) is 1. The summed E-state index contributed by atoms with van der Waals surface area (Å²) in [7, 11) is 1.54. The summed E-state index contributed by atoms with van der Waals surface area (Å²) in [5, 5.41) is 14.8. The fourth-order valence-corrected chi connectivity index (χ4v) is 3.48. The molecule has 158 valence electrons. The number of hydrogen-bond acceptors (Lipinski definition) is 5. The standard InChI is InChI=1S/C22H17Cl2N3O4/c1-26(13-20(28)25-21-16(23)8-5-9-17(21)24)18-11-10-15(12-19(18)27(30)31)22(29)14-6-3-2-4-7-14/h2-12H,13H2,1H3,(H,25,28). The normalized spacial score (nSPS) is 10.4. The lowest BCUT2D eigenvalue weighted by Gasteiger charge is -2.19. The molecule has 31 heavy (non-hydrogen) atoms. The van der Waals surface area contributed by atoms with Crippen LogP contribution in [-0.4, -0.2) is 30.2 Å². The Kier molecular flexibility index (Phi) is 6.89. The number of halogens is 2. The van der Waals surface area contributed by atoms with Gasteiger partial charge in [0.1, 0.15) is 5.69 Å². The van der Waals surface area contributed by atoms with Gasteiger partial charge in [0.15, 0.2) is 5.78 Å². The highest BCUT2D eigenvalue weighted by molar-refractivity contribution is 6.39. The topological polar surface area (TPSA) is 92.6 Å². The predicted molar refractivity (Wildman–Crippen MR) is 121 cm³/mol. The zero-order valence-electron chi connectivity index (χ0n) is 16.3. The summed E-state index contributed by atoms with van der Waals surface area (Å²) in [4.78, 5) is 37.5. The van der Waals surface area contributed by atoms with Crippen molar-refractivity contribution in [2.24, 2.45) is 0 Å². The van der Waals surface area contributed by atoms with Crippen molar-refractivity contribution in [2.45, 2.75) is 0 Å². The van der Waals surface area contributed by atoms with Crippen LogP contribution in [0, 0.1) is 10.1 Å². The van der Waals surface area contributed by atoms with Crippen molar-refractivity contribution in [3.8, 4) is 0 Å². The first kappa shape index (κ1) is 22.3. The molecule has 1 amide bonds. The zero-order valence-corrected chi connectivity index (χ0v) is 17.9. The van der Waals surface area contributed by atoms with E-state index >= 15 is 0 Å². The zero-order chi connectivity index (χ0) is 22.5. The second kappa shape index (κ2) is 9.59. The van der Waals surface area contributed by atoms with E-state index in [2.05, 4.69) is 5.32 Å². The van der Waals surface area contributed by atoms with Crippen LogP contribution >= 0.6 is 23.2 Å². The first-order valence-corrected chi connectivity index (χ1v) is 9.86. The van der Waals surface area contributed by atoms with Gasteiger partial charge in [-0.25, -0.2) is 0 Å². The number of carbonyl (C=O) groups is 2. The molecule has 3 aromatic rings. The van der Waals surface area contributed by atoms with E-state index in [0.717, 1.165) is 0 Å². The van der Waals surface area contributed by atoms with Gasteiger partial charge in [0.25, 0.3) is 5.69 Å². The molecule has 3 rings (SSSR count). The number of benzene rings is 3. The van der Waals surface area contributed by atoms with E-state index in [1.807, 2.05) is 0 Å². The van der Waals surface area contributed by atoms with Gasteiger partial charge in [-0.3, -0.25) is 19.7 Å². The quantitative estimate of drug-likeness (QED) is 0.298. The lowest BCUT2D eigenvalue weighted by atomic mass is 10.0. The average molecular weight is 458 g/mol. The summed E-state index contributed by atoms with van der Waals surface area (Å²) in [5.41, 5.74) is 0.779. The number of nitrogens with one attached hydrogen (secondary N) is 1. The van der Waals surface area contributed by atoms with Crippen LogP contribution in [0.25, 0.3) is 0 Å². The SMILES string of the molecule is CN(CC(=O)Nc1c(Cl)cccc1Cl)c1ccc(C(=O)c2ccccc2)cc1[N+](=O)[O-]. The molecule has 0 aliphatic carbocycles. The van der Waals surface area contributed by atoms with E-state index < -0.39 is 10.8 Å². The molecular weight excluding hydrogens is 441 g/mol. The van der Waals surface area contributed by atoms with Crippen LogP contribution in [0.5, 0.6) is 0 Å². The van der Waals surface area contributed by atoms with E-state index in [1.54, 1.807) is 48.5 Å². The smallest absolute Gasteiger partial charge is 0.293 e. The van der Waals surface area contributed by atoms with E-state index in [4.69, 9.17) is 23.2 Å². The summed E-state index contributed by atoms with van der Waals surface area (Å²) in [6.45, 7) is -0.200. The van der Waals surface area contributed by atoms with Crippen LogP contribution in [0.15, 0.2) is 66.7 Å². The molecule has 0 spiro atoms. The summed E-state index contributed by atoms with van der Waals surface area (Å²) >= 11 is 12.1. The van der Waals surface area contributed by atoms with Gasteiger partial charge in [0.05, 0.1) is 27.2 Å². The highest BCUT2D eigenvalue weighted by atomic mass is 35.5. The summed E-state index contributed by atoms with van der Waals surface area (Å²) in [6.07, 6.45) is 0.